The largest absolute Gasteiger partial charge is 0.399 e. The number of nitrogens with one attached hydrogen (secondary N) is 1. The van der Waals surface area contributed by atoms with Gasteiger partial charge in [0.1, 0.15) is 0 Å². The van der Waals surface area contributed by atoms with Crippen LogP contribution in [-0.4, -0.2) is 19.0 Å². The van der Waals surface area contributed by atoms with E-state index in [9.17, 15) is 4.79 Å². The van der Waals surface area contributed by atoms with Crippen LogP contribution in [0.5, 0.6) is 0 Å². The SMILES string of the molecule is Nc1ccc(N2CCCCC2)c(NC(=O)c2ccc(I)cc2)c1. The van der Waals surface area contributed by atoms with Crippen LogP contribution in [0.25, 0.3) is 0 Å². The number of anilines is 3. The number of hydrogen-bond acceptors (Lipinski definition) is 3. The molecule has 2 aromatic rings. The first-order valence-electron chi connectivity index (χ1n) is 7.85. The zero-order valence-electron chi connectivity index (χ0n) is 12.9. The molecule has 23 heavy (non-hydrogen) atoms. The first-order valence-corrected chi connectivity index (χ1v) is 8.93. The van der Waals surface area contributed by atoms with Crippen LogP contribution in [0.15, 0.2) is 42.5 Å². The quantitative estimate of drug-likeness (QED) is 0.579. The average Bonchev–Trinajstić information content (AvgIpc) is 2.56. The molecule has 1 saturated heterocycles. The Kier molecular flexibility index (Phi) is 5.05. The van der Waals surface area contributed by atoms with E-state index in [1.165, 1.54) is 19.3 Å². The molecular formula is C18H20IN3O. The molecule has 1 fully saturated rings. The number of piperidine rings is 1. The van der Waals surface area contributed by atoms with Crippen molar-refractivity contribution in [2.24, 2.45) is 0 Å². The summed E-state index contributed by atoms with van der Waals surface area (Å²) in [4.78, 5) is 14.8. The minimum atomic E-state index is -0.106. The van der Waals surface area contributed by atoms with Crippen LogP contribution in [0.2, 0.25) is 0 Å². The maximum absolute atomic E-state index is 12.5. The second-order valence-corrected chi connectivity index (χ2v) is 7.03. The Morgan fingerprint density at radius 3 is 2.43 bits per heavy atom. The molecule has 3 rings (SSSR count). The summed E-state index contributed by atoms with van der Waals surface area (Å²) in [6.07, 6.45) is 3.65. The topological polar surface area (TPSA) is 58.4 Å². The summed E-state index contributed by atoms with van der Waals surface area (Å²) >= 11 is 2.23. The van der Waals surface area contributed by atoms with Crippen molar-refractivity contribution in [3.05, 3.63) is 51.6 Å². The van der Waals surface area contributed by atoms with Crippen molar-refractivity contribution in [3.63, 3.8) is 0 Å². The van der Waals surface area contributed by atoms with Crippen LogP contribution < -0.4 is 16.0 Å². The van der Waals surface area contributed by atoms with Gasteiger partial charge in [-0.3, -0.25) is 4.79 Å². The molecule has 1 amide bonds. The predicted molar refractivity (Wildman–Crippen MR) is 104 cm³/mol. The van der Waals surface area contributed by atoms with Gasteiger partial charge < -0.3 is 16.0 Å². The normalized spacial score (nSPS) is 14.6. The number of nitrogen functional groups attached to an aromatic ring is 1. The number of benzene rings is 2. The average molecular weight is 421 g/mol. The van der Waals surface area contributed by atoms with Crippen molar-refractivity contribution < 1.29 is 4.79 Å². The minimum absolute atomic E-state index is 0.106. The van der Waals surface area contributed by atoms with Gasteiger partial charge >= 0.3 is 0 Å². The molecule has 120 valence electrons. The molecule has 0 radical (unpaired) electrons. The highest BCUT2D eigenvalue weighted by Gasteiger charge is 2.16. The van der Waals surface area contributed by atoms with Gasteiger partial charge in [-0.15, -0.1) is 0 Å². The van der Waals surface area contributed by atoms with E-state index >= 15 is 0 Å². The van der Waals surface area contributed by atoms with E-state index in [1.807, 2.05) is 42.5 Å². The summed E-state index contributed by atoms with van der Waals surface area (Å²) in [5.41, 5.74) is 9.07. The second kappa shape index (κ2) is 7.21. The zero-order chi connectivity index (χ0) is 16.2. The summed E-state index contributed by atoms with van der Waals surface area (Å²) in [5.74, 6) is -0.106. The molecule has 0 spiro atoms. The Bertz CT molecular complexity index is 694. The molecule has 0 unspecified atom stereocenters. The molecule has 0 bridgehead atoms. The number of hydrogen-bond donors (Lipinski definition) is 2. The van der Waals surface area contributed by atoms with Gasteiger partial charge in [0.15, 0.2) is 0 Å². The van der Waals surface area contributed by atoms with Gasteiger partial charge in [0.05, 0.1) is 11.4 Å². The Morgan fingerprint density at radius 1 is 1.04 bits per heavy atom. The van der Waals surface area contributed by atoms with Gasteiger partial charge in [-0.2, -0.15) is 0 Å². The molecule has 0 saturated carbocycles. The van der Waals surface area contributed by atoms with Crippen LogP contribution >= 0.6 is 22.6 Å². The van der Waals surface area contributed by atoms with E-state index in [0.717, 1.165) is 28.0 Å². The Labute approximate surface area is 150 Å². The molecule has 1 aliphatic heterocycles. The van der Waals surface area contributed by atoms with E-state index < -0.39 is 0 Å². The fourth-order valence-corrected chi connectivity index (χ4v) is 3.22. The lowest BCUT2D eigenvalue weighted by molar-refractivity contribution is 0.102. The molecule has 3 N–H and O–H groups in total. The third kappa shape index (κ3) is 3.96. The van der Waals surface area contributed by atoms with Crippen molar-refractivity contribution in [2.45, 2.75) is 19.3 Å². The van der Waals surface area contributed by atoms with Gasteiger partial charge in [-0.1, -0.05) is 0 Å². The van der Waals surface area contributed by atoms with E-state index in [1.54, 1.807) is 0 Å². The molecule has 1 aliphatic rings. The highest BCUT2D eigenvalue weighted by atomic mass is 127. The molecule has 0 aromatic heterocycles. The number of nitrogens with two attached hydrogens (primary N) is 1. The Hall–Kier alpha value is -1.76. The first kappa shape index (κ1) is 16.1. The van der Waals surface area contributed by atoms with Crippen LogP contribution in [0.1, 0.15) is 29.6 Å². The smallest absolute Gasteiger partial charge is 0.255 e. The second-order valence-electron chi connectivity index (χ2n) is 5.79. The summed E-state index contributed by atoms with van der Waals surface area (Å²) in [6, 6.07) is 13.3. The molecule has 4 nitrogen and oxygen atoms in total. The molecule has 2 aromatic carbocycles. The van der Waals surface area contributed by atoms with E-state index in [4.69, 9.17) is 5.73 Å². The highest BCUT2D eigenvalue weighted by Crippen LogP contribution is 2.30. The fourth-order valence-electron chi connectivity index (χ4n) is 2.86. The third-order valence-corrected chi connectivity index (χ3v) is 4.79. The summed E-state index contributed by atoms with van der Waals surface area (Å²) in [5, 5.41) is 3.02. The zero-order valence-corrected chi connectivity index (χ0v) is 15.0. The van der Waals surface area contributed by atoms with Crippen LogP contribution in [-0.2, 0) is 0 Å². The molecule has 5 heteroatoms. The third-order valence-electron chi connectivity index (χ3n) is 4.07. The fraction of sp³-hybridized carbons (Fsp3) is 0.278. The molecule has 1 heterocycles. The molecule has 0 atom stereocenters. The maximum Gasteiger partial charge on any atom is 0.255 e. The lowest BCUT2D eigenvalue weighted by Crippen LogP contribution is -2.30. The van der Waals surface area contributed by atoms with Crippen molar-refractivity contribution in [2.75, 3.05) is 29.0 Å². The predicted octanol–water partition coefficient (Wildman–Crippen LogP) is 4.12. The number of rotatable bonds is 3. The van der Waals surface area contributed by atoms with Crippen molar-refractivity contribution in [1.82, 2.24) is 0 Å². The van der Waals surface area contributed by atoms with Gasteiger partial charge in [-0.25, -0.2) is 0 Å². The first-order chi connectivity index (χ1) is 11.1. The summed E-state index contributed by atoms with van der Waals surface area (Å²) < 4.78 is 1.11. The number of carbonyl (C=O) groups is 1. The van der Waals surface area contributed by atoms with Crippen molar-refractivity contribution >= 4 is 45.6 Å². The summed E-state index contributed by atoms with van der Waals surface area (Å²) in [7, 11) is 0. The Balaban J connectivity index is 1.84. The van der Waals surface area contributed by atoms with E-state index in [-0.39, 0.29) is 5.91 Å². The highest BCUT2D eigenvalue weighted by molar-refractivity contribution is 14.1. The van der Waals surface area contributed by atoms with E-state index in [0.29, 0.717) is 11.3 Å². The van der Waals surface area contributed by atoms with Crippen molar-refractivity contribution in [3.8, 4) is 0 Å². The Morgan fingerprint density at radius 2 is 1.74 bits per heavy atom. The maximum atomic E-state index is 12.5. The van der Waals surface area contributed by atoms with Gasteiger partial charge in [-0.05, 0) is 84.3 Å². The van der Waals surface area contributed by atoms with Crippen LogP contribution in [0, 0.1) is 3.57 Å². The lowest BCUT2D eigenvalue weighted by Gasteiger charge is -2.30. The van der Waals surface area contributed by atoms with Gasteiger partial charge in [0, 0.05) is 27.9 Å². The number of amides is 1. The molecular weight excluding hydrogens is 401 g/mol. The molecule has 0 aliphatic carbocycles. The minimum Gasteiger partial charge on any atom is -0.399 e. The van der Waals surface area contributed by atoms with Crippen LogP contribution in [0.3, 0.4) is 0 Å². The summed E-state index contributed by atoms with van der Waals surface area (Å²) in [6.45, 7) is 2.05. The van der Waals surface area contributed by atoms with Gasteiger partial charge in [0.25, 0.3) is 5.91 Å². The van der Waals surface area contributed by atoms with Gasteiger partial charge in [0.2, 0.25) is 0 Å². The number of carbonyl (C=O) groups excluding carboxylic acids is 1. The van der Waals surface area contributed by atoms with Crippen LogP contribution in [0.4, 0.5) is 17.1 Å². The van der Waals surface area contributed by atoms with E-state index in [2.05, 4.69) is 32.8 Å². The number of halogens is 1. The number of nitrogens with zero attached hydrogens (tertiary/aromatic N) is 1. The standard InChI is InChI=1S/C18H20IN3O/c19-14-6-4-13(5-7-14)18(23)21-16-12-15(20)8-9-17(16)22-10-2-1-3-11-22/h4-9,12H,1-3,10-11,20H2,(H,21,23). The monoisotopic (exact) mass is 421 g/mol. The lowest BCUT2D eigenvalue weighted by atomic mass is 10.1. The van der Waals surface area contributed by atoms with Crippen molar-refractivity contribution in [1.29, 1.82) is 0 Å².